The van der Waals surface area contributed by atoms with Gasteiger partial charge < -0.3 is 10.0 Å². The van der Waals surface area contributed by atoms with Crippen LogP contribution in [0, 0.1) is 11.6 Å². The van der Waals surface area contributed by atoms with E-state index in [1.54, 1.807) is 13.8 Å². The van der Waals surface area contributed by atoms with E-state index in [1.165, 1.54) is 23.4 Å². The normalized spacial score (nSPS) is 18.3. The van der Waals surface area contributed by atoms with E-state index < -0.39 is 41.9 Å². The number of aromatic nitrogens is 5. The SMILES string of the molecule is CC1(C)CC(O)CCN1C(=O)c1cc2c(cn1)c(-c1cnc3c(F)cc(F)cn13)nn2CC(F)(F)F. The highest BCUT2D eigenvalue weighted by Gasteiger charge is 2.38. The van der Waals surface area contributed by atoms with Crippen molar-refractivity contribution in [2.75, 3.05) is 6.54 Å². The van der Waals surface area contributed by atoms with E-state index in [4.69, 9.17) is 0 Å². The minimum atomic E-state index is -4.63. The summed E-state index contributed by atoms with van der Waals surface area (Å²) in [5.74, 6) is -2.34. The second-order valence-corrected chi connectivity index (χ2v) is 9.47. The summed E-state index contributed by atoms with van der Waals surface area (Å²) in [6.45, 7) is 2.39. The van der Waals surface area contributed by atoms with E-state index in [2.05, 4.69) is 15.1 Å². The molecule has 1 aliphatic rings. The average Bonchev–Trinajstić information content (AvgIpc) is 3.32. The van der Waals surface area contributed by atoms with Crippen LogP contribution in [0.25, 0.3) is 27.9 Å². The molecule has 0 aliphatic carbocycles. The van der Waals surface area contributed by atoms with Crippen LogP contribution in [0.15, 0.2) is 30.7 Å². The van der Waals surface area contributed by atoms with Gasteiger partial charge in [-0.1, -0.05) is 0 Å². The Balaban J connectivity index is 1.65. The number of halogens is 5. The monoisotopic (exact) mass is 508 g/mol. The molecule has 1 saturated heterocycles. The number of piperidine rings is 1. The first-order valence-corrected chi connectivity index (χ1v) is 11.1. The van der Waals surface area contributed by atoms with Crippen LogP contribution in [0.3, 0.4) is 0 Å². The van der Waals surface area contributed by atoms with Gasteiger partial charge in [-0.05, 0) is 32.8 Å². The van der Waals surface area contributed by atoms with Crippen LogP contribution >= 0.6 is 0 Å². The number of pyridine rings is 2. The number of fused-ring (bicyclic) bond motifs is 2. The molecule has 0 bridgehead atoms. The number of carbonyl (C=O) groups excluding carboxylic acids is 1. The molecule has 5 rings (SSSR count). The first-order valence-electron chi connectivity index (χ1n) is 11.1. The Labute approximate surface area is 201 Å². The number of aliphatic hydroxyl groups is 1. The number of rotatable bonds is 3. The summed E-state index contributed by atoms with van der Waals surface area (Å²) in [6, 6.07) is 1.87. The first kappa shape index (κ1) is 24.1. The summed E-state index contributed by atoms with van der Waals surface area (Å²) in [7, 11) is 0. The minimum Gasteiger partial charge on any atom is -0.393 e. The molecule has 1 atom stereocenters. The Kier molecular flexibility index (Phi) is 5.50. The highest BCUT2D eigenvalue weighted by molar-refractivity contribution is 5.99. The summed E-state index contributed by atoms with van der Waals surface area (Å²) >= 11 is 0. The van der Waals surface area contributed by atoms with Crippen molar-refractivity contribution >= 4 is 22.5 Å². The van der Waals surface area contributed by atoms with Crippen LogP contribution in [-0.4, -0.2) is 64.4 Å². The van der Waals surface area contributed by atoms with Gasteiger partial charge in [0.25, 0.3) is 5.91 Å². The number of nitrogens with zero attached hydrogens (tertiary/aromatic N) is 6. The first-order chi connectivity index (χ1) is 16.8. The fourth-order valence-electron chi connectivity index (χ4n) is 4.74. The van der Waals surface area contributed by atoms with Gasteiger partial charge in [0.05, 0.1) is 23.5 Å². The Hall–Kier alpha value is -3.61. The van der Waals surface area contributed by atoms with Crippen LogP contribution < -0.4 is 0 Å². The van der Waals surface area contributed by atoms with Gasteiger partial charge in [0.2, 0.25) is 0 Å². The summed E-state index contributed by atoms with van der Waals surface area (Å²) < 4.78 is 69.9. The van der Waals surface area contributed by atoms with Gasteiger partial charge in [0, 0.05) is 35.9 Å². The molecule has 0 radical (unpaired) electrons. The fraction of sp³-hybridized carbons (Fsp3) is 0.391. The molecule has 0 saturated carbocycles. The highest BCUT2D eigenvalue weighted by Crippen LogP contribution is 2.33. The van der Waals surface area contributed by atoms with E-state index in [0.29, 0.717) is 23.6 Å². The van der Waals surface area contributed by atoms with Crippen molar-refractivity contribution in [3.8, 4) is 11.4 Å². The predicted molar refractivity (Wildman–Crippen MR) is 118 cm³/mol. The summed E-state index contributed by atoms with van der Waals surface area (Å²) in [4.78, 5) is 22.9. The summed E-state index contributed by atoms with van der Waals surface area (Å²) in [5, 5.41) is 14.2. The number of alkyl halides is 3. The standard InChI is InChI=1S/C23H21F5N6O2/c1-22(2)7-13(35)3-4-33(22)21(36)16-6-17-14(8-29-16)19(31-34(17)11-23(26,27)28)18-9-30-20-15(25)5-12(24)10-32(18)20/h5-6,8-10,13,35H,3-4,7,11H2,1-2H3. The molecule has 5 heterocycles. The van der Waals surface area contributed by atoms with Gasteiger partial charge in [-0.15, -0.1) is 0 Å². The van der Waals surface area contributed by atoms with Crippen LogP contribution in [0.5, 0.6) is 0 Å². The minimum absolute atomic E-state index is 0.0256. The lowest BCUT2D eigenvalue weighted by molar-refractivity contribution is -0.141. The van der Waals surface area contributed by atoms with Crippen LogP contribution in [0.4, 0.5) is 22.0 Å². The third kappa shape index (κ3) is 4.16. The van der Waals surface area contributed by atoms with E-state index in [1.807, 2.05) is 0 Å². The fourth-order valence-corrected chi connectivity index (χ4v) is 4.74. The molecule has 4 aromatic rings. The number of hydrogen-bond acceptors (Lipinski definition) is 5. The largest absolute Gasteiger partial charge is 0.408 e. The van der Waals surface area contributed by atoms with Gasteiger partial charge in [0.15, 0.2) is 11.5 Å². The van der Waals surface area contributed by atoms with E-state index in [-0.39, 0.29) is 40.2 Å². The number of likely N-dealkylation sites (tertiary alicyclic amines) is 1. The molecule has 1 fully saturated rings. The molecule has 13 heteroatoms. The number of hydrogen-bond donors (Lipinski definition) is 1. The molecule has 0 spiro atoms. The molecule has 1 N–H and O–H groups in total. The maximum atomic E-state index is 14.2. The maximum absolute atomic E-state index is 14.2. The molecular formula is C23H21F5N6O2. The lowest BCUT2D eigenvalue weighted by Crippen LogP contribution is -2.54. The second kappa shape index (κ2) is 8.22. The third-order valence-corrected chi connectivity index (χ3v) is 6.35. The van der Waals surface area contributed by atoms with Crippen molar-refractivity contribution in [2.24, 2.45) is 0 Å². The smallest absolute Gasteiger partial charge is 0.393 e. The van der Waals surface area contributed by atoms with Gasteiger partial charge >= 0.3 is 6.18 Å². The quantitative estimate of drug-likeness (QED) is 0.424. The number of amides is 1. The molecule has 190 valence electrons. The molecule has 1 amide bonds. The Morgan fingerprint density at radius 1 is 1.19 bits per heavy atom. The molecule has 0 aromatic carbocycles. The zero-order chi connectivity index (χ0) is 26.0. The van der Waals surface area contributed by atoms with E-state index in [0.717, 1.165) is 10.6 Å². The Bertz CT molecular complexity index is 1490. The van der Waals surface area contributed by atoms with Gasteiger partial charge in [-0.2, -0.15) is 18.3 Å². The van der Waals surface area contributed by atoms with Crippen LogP contribution in [-0.2, 0) is 6.54 Å². The molecule has 8 nitrogen and oxygen atoms in total. The van der Waals surface area contributed by atoms with Crippen LogP contribution in [0.2, 0.25) is 0 Å². The van der Waals surface area contributed by atoms with Crippen molar-refractivity contribution < 1.29 is 31.9 Å². The lowest BCUT2D eigenvalue weighted by atomic mass is 9.88. The molecule has 36 heavy (non-hydrogen) atoms. The summed E-state index contributed by atoms with van der Waals surface area (Å²) in [6.07, 6.45) is -1.13. The lowest BCUT2D eigenvalue weighted by Gasteiger charge is -2.44. The number of carbonyl (C=O) groups is 1. The number of imidazole rings is 1. The topological polar surface area (TPSA) is 88.5 Å². The van der Waals surface area contributed by atoms with Crippen molar-refractivity contribution in [3.63, 3.8) is 0 Å². The van der Waals surface area contributed by atoms with Crippen molar-refractivity contribution in [3.05, 3.63) is 48.1 Å². The Morgan fingerprint density at radius 3 is 2.64 bits per heavy atom. The van der Waals surface area contributed by atoms with Crippen molar-refractivity contribution in [1.29, 1.82) is 0 Å². The zero-order valence-corrected chi connectivity index (χ0v) is 19.2. The molecule has 1 unspecified atom stereocenters. The second-order valence-electron chi connectivity index (χ2n) is 9.47. The van der Waals surface area contributed by atoms with Gasteiger partial charge in [-0.3, -0.25) is 18.9 Å². The molecular weight excluding hydrogens is 487 g/mol. The van der Waals surface area contributed by atoms with E-state index in [9.17, 15) is 31.9 Å². The van der Waals surface area contributed by atoms with E-state index >= 15 is 0 Å². The summed E-state index contributed by atoms with van der Waals surface area (Å²) in [5.41, 5.74) is -0.993. The predicted octanol–water partition coefficient (Wildman–Crippen LogP) is 3.96. The van der Waals surface area contributed by atoms with Gasteiger partial charge in [-0.25, -0.2) is 13.8 Å². The average molecular weight is 508 g/mol. The zero-order valence-electron chi connectivity index (χ0n) is 19.2. The molecule has 4 aromatic heterocycles. The van der Waals surface area contributed by atoms with Crippen molar-refractivity contribution in [2.45, 2.75) is 51.1 Å². The van der Waals surface area contributed by atoms with Crippen molar-refractivity contribution in [1.82, 2.24) is 29.0 Å². The highest BCUT2D eigenvalue weighted by atomic mass is 19.4. The number of aliphatic hydroxyl groups excluding tert-OH is 1. The maximum Gasteiger partial charge on any atom is 0.408 e. The Morgan fingerprint density at radius 2 is 1.94 bits per heavy atom. The van der Waals surface area contributed by atoms with Gasteiger partial charge in [0.1, 0.15) is 23.7 Å². The van der Waals surface area contributed by atoms with Crippen LogP contribution in [0.1, 0.15) is 37.2 Å². The molecule has 1 aliphatic heterocycles. The third-order valence-electron chi connectivity index (χ3n) is 6.35.